The maximum Gasteiger partial charge on any atom is 0.252 e. The smallest absolute Gasteiger partial charge is 0.252 e. The van der Waals surface area contributed by atoms with Crippen LogP contribution in [0.4, 0.5) is 11.4 Å². The summed E-state index contributed by atoms with van der Waals surface area (Å²) in [6.45, 7) is 0. The third-order valence-corrected chi connectivity index (χ3v) is 5.73. The monoisotopic (exact) mass is 461 g/mol. The van der Waals surface area contributed by atoms with Crippen LogP contribution in [0, 0.1) is 0 Å². The maximum atomic E-state index is 13.4. The summed E-state index contributed by atoms with van der Waals surface area (Å²) in [6.07, 6.45) is 3.30. The molecule has 0 bridgehead atoms. The Morgan fingerprint density at radius 3 is 2.11 bits per heavy atom. The van der Waals surface area contributed by atoms with Crippen LogP contribution in [0.1, 0.15) is 22.0 Å². The Balaban J connectivity index is 1.60. The molecule has 35 heavy (non-hydrogen) atoms. The summed E-state index contributed by atoms with van der Waals surface area (Å²) in [4.78, 5) is 25.8. The molecule has 0 spiro atoms. The minimum absolute atomic E-state index is 0.198. The third-order valence-electron chi connectivity index (χ3n) is 5.73. The first-order valence-electron chi connectivity index (χ1n) is 11.1. The number of hydrogen-bond acceptors (Lipinski definition) is 4. The van der Waals surface area contributed by atoms with Gasteiger partial charge in [-0.05, 0) is 29.3 Å². The van der Waals surface area contributed by atoms with Crippen molar-refractivity contribution in [2.24, 2.45) is 5.73 Å². The summed E-state index contributed by atoms with van der Waals surface area (Å²) in [5.41, 5.74) is 10.3. The third kappa shape index (κ3) is 4.60. The molecule has 0 unspecified atom stereocenters. The Kier molecular flexibility index (Phi) is 5.96. The number of nitrogens with two attached hydrogens (primary N) is 1. The number of fused-ring (bicyclic) bond motifs is 1. The molecule has 7 nitrogen and oxygen atoms in total. The topological polar surface area (TPSA) is 102 Å². The van der Waals surface area contributed by atoms with Gasteiger partial charge in [0.05, 0.1) is 23.0 Å². The average Bonchev–Trinajstić information content (AvgIpc) is 3.33. The number of hydrogen-bond donors (Lipinski definition) is 3. The summed E-state index contributed by atoms with van der Waals surface area (Å²) < 4.78 is 1.67. The van der Waals surface area contributed by atoms with E-state index in [2.05, 4.69) is 15.7 Å². The van der Waals surface area contributed by atoms with Gasteiger partial charge in [-0.1, -0.05) is 78.9 Å². The molecule has 1 atom stereocenters. The molecule has 5 aromatic rings. The van der Waals surface area contributed by atoms with Gasteiger partial charge >= 0.3 is 0 Å². The Morgan fingerprint density at radius 2 is 1.46 bits per heavy atom. The first-order valence-corrected chi connectivity index (χ1v) is 11.1. The minimum atomic E-state index is -0.796. The van der Waals surface area contributed by atoms with Crippen LogP contribution in [0.2, 0.25) is 0 Å². The highest BCUT2D eigenvalue weighted by atomic mass is 16.2. The van der Waals surface area contributed by atoms with E-state index in [-0.39, 0.29) is 11.5 Å². The summed E-state index contributed by atoms with van der Waals surface area (Å²) in [6, 6.07) is 29.5. The van der Waals surface area contributed by atoms with Gasteiger partial charge in [-0.15, -0.1) is 0 Å². The first-order chi connectivity index (χ1) is 17.1. The number of primary amides is 1. The Bertz CT molecular complexity index is 1480. The molecular weight excluding hydrogens is 438 g/mol. The van der Waals surface area contributed by atoms with E-state index in [0.717, 1.165) is 16.7 Å². The standard InChI is InChI=1S/C28H23N5O2/c29-27(34)23-17-30-33-18-21(19-10-4-1-5-11-19)16-24(33)26(23)32-25(20-12-6-2-7-13-20)28(35)31-22-14-8-3-9-15-22/h1-18,25,32H,(H2,29,34)(H,31,35)/t25-/m0/s1. The molecule has 5 rings (SSSR count). The molecule has 0 radical (unpaired) electrons. The lowest BCUT2D eigenvalue weighted by molar-refractivity contribution is -0.117. The summed E-state index contributed by atoms with van der Waals surface area (Å²) in [5, 5.41) is 10.6. The van der Waals surface area contributed by atoms with E-state index in [0.29, 0.717) is 16.9 Å². The number of rotatable bonds is 7. The maximum absolute atomic E-state index is 13.4. The van der Waals surface area contributed by atoms with Crippen molar-refractivity contribution in [3.8, 4) is 11.1 Å². The van der Waals surface area contributed by atoms with Crippen LogP contribution in [0.25, 0.3) is 16.6 Å². The van der Waals surface area contributed by atoms with Crippen LogP contribution < -0.4 is 16.4 Å². The van der Waals surface area contributed by atoms with Gasteiger partial charge in [0.1, 0.15) is 6.04 Å². The molecule has 2 heterocycles. The molecule has 0 aliphatic rings. The van der Waals surface area contributed by atoms with Crippen molar-refractivity contribution >= 4 is 28.7 Å². The Morgan fingerprint density at radius 1 is 0.829 bits per heavy atom. The van der Waals surface area contributed by atoms with Crippen LogP contribution in [-0.2, 0) is 4.79 Å². The molecule has 2 aromatic heterocycles. The lowest BCUT2D eigenvalue weighted by atomic mass is 10.0. The van der Waals surface area contributed by atoms with Crippen molar-refractivity contribution in [1.29, 1.82) is 0 Å². The first kappa shape index (κ1) is 21.9. The zero-order valence-corrected chi connectivity index (χ0v) is 18.8. The molecule has 0 aliphatic heterocycles. The number of nitrogens with zero attached hydrogens (tertiary/aromatic N) is 2. The Labute approximate surface area is 202 Å². The highest BCUT2D eigenvalue weighted by Crippen LogP contribution is 2.31. The quantitative estimate of drug-likeness (QED) is 0.321. The van der Waals surface area contributed by atoms with Gasteiger partial charge in [-0.3, -0.25) is 9.59 Å². The fourth-order valence-electron chi connectivity index (χ4n) is 4.01. The van der Waals surface area contributed by atoms with Crippen molar-refractivity contribution in [2.75, 3.05) is 10.6 Å². The predicted molar refractivity (Wildman–Crippen MR) is 137 cm³/mol. The number of carbonyl (C=O) groups excluding carboxylic acids is 2. The number of anilines is 2. The number of aromatic nitrogens is 2. The molecule has 0 aliphatic carbocycles. The normalized spacial score (nSPS) is 11.7. The van der Waals surface area contributed by atoms with Gasteiger partial charge in [0.25, 0.3) is 11.8 Å². The van der Waals surface area contributed by atoms with E-state index < -0.39 is 11.9 Å². The number of nitrogens with one attached hydrogen (secondary N) is 2. The molecule has 172 valence electrons. The molecule has 2 amide bonds. The van der Waals surface area contributed by atoms with Crippen molar-refractivity contribution in [1.82, 2.24) is 9.61 Å². The average molecular weight is 462 g/mol. The zero-order valence-electron chi connectivity index (χ0n) is 18.8. The van der Waals surface area contributed by atoms with Crippen LogP contribution in [-0.4, -0.2) is 21.4 Å². The Hall–Kier alpha value is -4.91. The van der Waals surface area contributed by atoms with Crippen LogP contribution in [0.5, 0.6) is 0 Å². The summed E-state index contributed by atoms with van der Waals surface area (Å²) in [7, 11) is 0. The van der Waals surface area contributed by atoms with Crippen LogP contribution in [0.3, 0.4) is 0 Å². The lowest BCUT2D eigenvalue weighted by Crippen LogP contribution is -2.28. The van der Waals surface area contributed by atoms with Gasteiger partial charge < -0.3 is 16.4 Å². The zero-order chi connectivity index (χ0) is 24.2. The second-order valence-electron chi connectivity index (χ2n) is 8.07. The van der Waals surface area contributed by atoms with Crippen LogP contribution >= 0.6 is 0 Å². The molecular formula is C28H23N5O2. The highest BCUT2D eigenvalue weighted by Gasteiger charge is 2.25. The van der Waals surface area contributed by atoms with Crippen LogP contribution in [0.15, 0.2) is 109 Å². The summed E-state index contributed by atoms with van der Waals surface area (Å²) in [5.74, 6) is -0.914. The van der Waals surface area contributed by atoms with E-state index in [4.69, 9.17) is 5.73 Å². The second-order valence-corrected chi connectivity index (χ2v) is 8.07. The fraction of sp³-hybridized carbons (Fsp3) is 0.0357. The van der Waals surface area contributed by atoms with Crippen molar-refractivity contribution in [2.45, 2.75) is 6.04 Å². The fourth-order valence-corrected chi connectivity index (χ4v) is 4.01. The molecule has 4 N–H and O–H groups in total. The summed E-state index contributed by atoms with van der Waals surface area (Å²) >= 11 is 0. The van der Waals surface area contributed by atoms with Crippen molar-refractivity contribution in [3.05, 3.63) is 121 Å². The van der Waals surface area contributed by atoms with E-state index >= 15 is 0 Å². The van der Waals surface area contributed by atoms with Gasteiger partial charge in [0.2, 0.25) is 0 Å². The van der Waals surface area contributed by atoms with Gasteiger partial charge in [0.15, 0.2) is 0 Å². The number of benzene rings is 3. The van der Waals surface area contributed by atoms with E-state index in [1.165, 1.54) is 6.20 Å². The second kappa shape index (κ2) is 9.52. The lowest BCUT2D eigenvalue weighted by Gasteiger charge is -2.22. The predicted octanol–water partition coefficient (Wildman–Crippen LogP) is 4.89. The van der Waals surface area contributed by atoms with E-state index in [1.807, 2.05) is 103 Å². The van der Waals surface area contributed by atoms with Crippen molar-refractivity contribution < 1.29 is 9.59 Å². The number of para-hydroxylation sites is 1. The molecule has 3 aromatic carbocycles. The largest absolute Gasteiger partial charge is 0.368 e. The van der Waals surface area contributed by atoms with Gasteiger partial charge in [-0.2, -0.15) is 5.10 Å². The molecule has 0 saturated heterocycles. The van der Waals surface area contributed by atoms with E-state index in [9.17, 15) is 9.59 Å². The molecule has 0 fully saturated rings. The molecule has 7 heteroatoms. The minimum Gasteiger partial charge on any atom is -0.368 e. The number of carbonyl (C=O) groups is 2. The van der Waals surface area contributed by atoms with Gasteiger partial charge in [-0.25, -0.2) is 4.52 Å². The highest BCUT2D eigenvalue weighted by molar-refractivity contribution is 6.04. The van der Waals surface area contributed by atoms with Crippen molar-refractivity contribution in [3.63, 3.8) is 0 Å². The van der Waals surface area contributed by atoms with E-state index in [1.54, 1.807) is 4.52 Å². The SMILES string of the molecule is NC(=O)c1cnn2cc(-c3ccccc3)cc2c1N[C@H](C(=O)Nc1ccccc1)c1ccccc1. The number of amides is 2. The molecule has 0 saturated carbocycles. The van der Waals surface area contributed by atoms with Gasteiger partial charge in [0, 0.05) is 17.4 Å².